The van der Waals surface area contributed by atoms with Crippen LogP contribution in [0.15, 0.2) is 15.8 Å². The van der Waals surface area contributed by atoms with Gasteiger partial charge in [-0.25, -0.2) is 9.36 Å². The number of hydrogen-bond acceptors (Lipinski definition) is 4. The van der Waals surface area contributed by atoms with Crippen LogP contribution in [0.4, 0.5) is 0 Å². The SMILES string of the molecule is CC1CCCCC1NC(=O)Cn1c(=O)c(C#N)cn(C2CC2)c1=O. The third kappa shape index (κ3) is 3.28. The zero-order valence-corrected chi connectivity index (χ0v) is 13.8. The van der Waals surface area contributed by atoms with Crippen LogP contribution in [-0.2, 0) is 11.3 Å². The van der Waals surface area contributed by atoms with E-state index in [0.717, 1.165) is 36.7 Å². The first-order chi connectivity index (χ1) is 11.5. The molecule has 0 radical (unpaired) electrons. The largest absolute Gasteiger partial charge is 0.352 e. The summed E-state index contributed by atoms with van der Waals surface area (Å²) >= 11 is 0. The van der Waals surface area contributed by atoms with Crippen molar-refractivity contribution in [1.29, 1.82) is 5.26 Å². The average molecular weight is 330 g/mol. The van der Waals surface area contributed by atoms with Crippen molar-refractivity contribution in [3.05, 3.63) is 32.6 Å². The molecule has 1 N–H and O–H groups in total. The van der Waals surface area contributed by atoms with Crippen LogP contribution in [0.5, 0.6) is 0 Å². The van der Waals surface area contributed by atoms with Gasteiger partial charge >= 0.3 is 5.69 Å². The third-order valence-electron chi connectivity index (χ3n) is 5.02. The highest BCUT2D eigenvalue weighted by atomic mass is 16.2. The van der Waals surface area contributed by atoms with E-state index >= 15 is 0 Å². The molecule has 2 aliphatic rings. The predicted molar refractivity (Wildman–Crippen MR) is 87.5 cm³/mol. The van der Waals surface area contributed by atoms with Gasteiger partial charge in [-0.2, -0.15) is 5.26 Å². The Morgan fingerprint density at radius 3 is 2.62 bits per heavy atom. The number of aromatic nitrogens is 2. The van der Waals surface area contributed by atoms with Crippen molar-refractivity contribution in [1.82, 2.24) is 14.5 Å². The van der Waals surface area contributed by atoms with Crippen molar-refractivity contribution < 1.29 is 4.79 Å². The molecular formula is C17H22N4O3. The summed E-state index contributed by atoms with van der Waals surface area (Å²) in [6.07, 6.45) is 7.27. The quantitative estimate of drug-likeness (QED) is 0.887. The third-order valence-corrected chi connectivity index (χ3v) is 5.02. The van der Waals surface area contributed by atoms with E-state index < -0.39 is 11.2 Å². The summed E-state index contributed by atoms with van der Waals surface area (Å²) in [5, 5.41) is 12.1. The van der Waals surface area contributed by atoms with E-state index in [1.54, 1.807) is 0 Å². The van der Waals surface area contributed by atoms with Crippen LogP contribution in [0.25, 0.3) is 0 Å². The smallest absolute Gasteiger partial charge is 0.331 e. The summed E-state index contributed by atoms with van der Waals surface area (Å²) in [6, 6.07) is 1.95. The molecule has 0 spiro atoms. The molecule has 2 saturated carbocycles. The van der Waals surface area contributed by atoms with E-state index in [4.69, 9.17) is 5.26 Å². The van der Waals surface area contributed by atoms with Gasteiger partial charge in [-0.05, 0) is 31.6 Å². The van der Waals surface area contributed by atoms with Crippen molar-refractivity contribution in [3.63, 3.8) is 0 Å². The molecule has 1 aromatic rings. The molecular weight excluding hydrogens is 308 g/mol. The lowest BCUT2D eigenvalue weighted by atomic mass is 9.86. The van der Waals surface area contributed by atoms with Crippen LogP contribution in [-0.4, -0.2) is 21.1 Å². The molecule has 128 valence electrons. The summed E-state index contributed by atoms with van der Waals surface area (Å²) in [5.74, 6) is 0.0540. The number of nitrogens with zero attached hydrogens (tertiary/aromatic N) is 3. The highest BCUT2D eigenvalue weighted by Crippen LogP contribution is 2.33. The second kappa shape index (κ2) is 6.63. The molecule has 7 heteroatoms. The Bertz CT molecular complexity index is 798. The molecule has 3 rings (SSSR count). The van der Waals surface area contributed by atoms with Gasteiger partial charge in [-0.15, -0.1) is 0 Å². The zero-order chi connectivity index (χ0) is 17.3. The molecule has 0 bridgehead atoms. The van der Waals surface area contributed by atoms with E-state index in [2.05, 4.69) is 12.2 Å². The van der Waals surface area contributed by atoms with E-state index in [9.17, 15) is 14.4 Å². The van der Waals surface area contributed by atoms with E-state index in [-0.39, 0.29) is 30.1 Å². The predicted octanol–water partition coefficient (Wildman–Crippen LogP) is 0.911. The Kier molecular flexibility index (Phi) is 4.56. The van der Waals surface area contributed by atoms with Gasteiger partial charge in [0, 0.05) is 18.3 Å². The maximum atomic E-state index is 12.5. The average Bonchev–Trinajstić information content (AvgIpc) is 3.39. The monoisotopic (exact) mass is 330 g/mol. The van der Waals surface area contributed by atoms with Gasteiger partial charge in [-0.1, -0.05) is 19.8 Å². The summed E-state index contributed by atoms with van der Waals surface area (Å²) in [6.45, 7) is 1.77. The summed E-state index contributed by atoms with van der Waals surface area (Å²) in [4.78, 5) is 37.0. The summed E-state index contributed by atoms with van der Waals surface area (Å²) in [5.41, 5.74) is -1.29. The van der Waals surface area contributed by atoms with Gasteiger partial charge in [0.1, 0.15) is 18.2 Å². The molecule has 2 fully saturated rings. The number of carbonyl (C=O) groups excluding carboxylic acids is 1. The van der Waals surface area contributed by atoms with Crippen LogP contribution in [0.3, 0.4) is 0 Å². The molecule has 0 saturated heterocycles. The molecule has 2 unspecified atom stereocenters. The lowest BCUT2D eigenvalue weighted by Gasteiger charge is -2.29. The highest BCUT2D eigenvalue weighted by Gasteiger charge is 2.28. The van der Waals surface area contributed by atoms with Crippen molar-refractivity contribution in [2.24, 2.45) is 5.92 Å². The van der Waals surface area contributed by atoms with E-state index in [0.29, 0.717) is 5.92 Å². The van der Waals surface area contributed by atoms with Crippen molar-refractivity contribution in [2.45, 2.75) is 64.1 Å². The van der Waals surface area contributed by atoms with Gasteiger partial charge in [0.05, 0.1) is 0 Å². The topological polar surface area (TPSA) is 96.9 Å². The molecule has 1 aromatic heterocycles. The van der Waals surface area contributed by atoms with Crippen LogP contribution >= 0.6 is 0 Å². The molecule has 0 aliphatic heterocycles. The second-order valence-corrected chi connectivity index (χ2v) is 6.90. The Balaban J connectivity index is 1.82. The van der Waals surface area contributed by atoms with E-state index in [1.165, 1.54) is 17.2 Å². The van der Waals surface area contributed by atoms with Gasteiger partial charge in [0.2, 0.25) is 5.91 Å². The Hall–Kier alpha value is -2.36. The number of rotatable bonds is 4. The first-order valence-corrected chi connectivity index (χ1v) is 8.56. The number of amides is 1. The Morgan fingerprint density at radius 2 is 2.00 bits per heavy atom. The standard InChI is InChI=1S/C17H22N4O3/c1-11-4-2-3-5-14(11)19-15(22)10-21-16(23)12(8-18)9-20(17(21)24)13-6-7-13/h9,11,13-14H,2-7,10H2,1H3,(H,19,22). The molecule has 2 aliphatic carbocycles. The molecule has 1 heterocycles. The first kappa shape index (κ1) is 16.5. The lowest BCUT2D eigenvalue weighted by molar-refractivity contribution is -0.123. The van der Waals surface area contributed by atoms with Crippen LogP contribution in [0, 0.1) is 17.2 Å². The minimum absolute atomic E-state index is 0.0397. The first-order valence-electron chi connectivity index (χ1n) is 8.56. The van der Waals surface area contributed by atoms with Crippen LogP contribution < -0.4 is 16.6 Å². The molecule has 7 nitrogen and oxygen atoms in total. The van der Waals surface area contributed by atoms with Crippen LogP contribution in [0.1, 0.15) is 57.1 Å². The highest BCUT2D eigenvalue weighted by molar-refractivity contribution is 5.76. The fourth-order valence-electron chi connectivity index (χ4n) is 3.38. The van der Waals surface area contributed by atoms with Gasteiger partial charge in [0.15, 0.2) is 0 Å². The van der Waals surface area contributed by atoms with Gasteiger partial charge < -0.3 is 5.32 Å². The van der Waals surface area contributed by atoms with Crippen LogP contribution in [0.2, 0.25) is 0 Å². The van der Waals surface area contributed by atoms with Crippen molar-refractivity contribution >= 4 is 5.91 Å². The zero-order valence-electron chi connectivity index (χ0n) is 13.8. The van der Waals surface area contributed by atoms with Gasteiger partial charge in [-0.3, -0.25) is 14.2 Å². The molecule has 1 amide bonds. The second-order valence-electron chi connectivity index (χ2n) is 6.90. The maximum Gasteiger partial charge on any atom is 0.331 e. The van der Waals surface area contributed by atoms with Crippen molar-refractivity contribution in [3.8, 4) is 6.07 Å². The normalized spacial score (nSPS) is 23.5. The molecule has 24 heavy (non-hydrogen) atoms. The Morgan fingerprint density at radius 1 is 1.29 bits per heavy atom. The van der Waals surface area contributed by atoms with Gasteiger partial charge in [0.25, 0.3) is 5.56 Å². The molecule has 0 aromatic carbocycles. The summed E-state index contributed by atoms with van der Waals surface area (Å²) < 4.78 is 2.30. The Labute approximate surface area is 139 Å². The number of nitriles is 1. The fraction of sp³-hybridized carbons (Fsp3) is 0.647. The molecule has 2 atom stereocenters. The van der Waals surface area contributed by atoms with E-state index in [1.807, 2.05) is 6.07 Å². The number of nitrogens with one attached hydrogen (secondary N) is 1. The minimum atomic E-state index is -0.689. The summed E-state index contributed by atoms with van der Waals surface area (Å²) in [7, 11) is 0. The minimum Gasteiger partial charge on any atom is -0.352 e. The number of carbonyl (C=O) groups is 1. The van der Waals surface area contributed by atoms with Crippen molar-refractivity contribution in [2.75, 3.05) is 0 Å². The number of hydrogen-bond donors (Lipinski definition) is 1. The fourth-order valence-corrected chi connectivity index (χ4v) is 3.38. The maximum absolute atomic E-state index is 12.5. The lowest BCUT2D eigenvalue weighted by Crippen LogP contribution is -2.47.